The zero-order valence-electron chi connectivity index (χ0n) is 29.3. The van der Waals surface area contributed by atoms with Crippen molar-refractivity contribution in [1.82, 2.24) is 30.6 Å². The molecule has 5 atom stereocenters. The Morgan fingerprint density at radius 3 is 2.46 bits per heavy atom. The van der Waals surface area contributed by atoms with Crippen LogP contribution in [-0.2, 0) is 33.9 Å². The van der Waals surface area contributed by atoms with E-state index in [2.05, 4.69) is 45.4 Å². The van der Waals surface area contributed by atoms with Gasteiger partial charge in [-0.1, -0.05) is 37.4 Å². The molecule has 0 spiro atoms. The predicted octanol–water partition coefficient (Wildman–Crippen LogP) is 2.09. The van der Waals surface area contributed by atoms with Crippen molar-refractivity contribution < 1.29 is 41.9 Å². The van der Waals surface area contributed by atoms with E-state index in [1.54, 1.807) is 39.1 Å². The molecule has 1 aromatic carbocycles. The number of pyridine rings is 1. The van der Waals surface area contributed by atoms with Crippen LogP contribution in [0, 0.1) is 5.92 Å². The first kappa shape index (κ1) is 38.0. The van der Waals surface area contributed by atoms with Gasteiger partial charge in [-0.05, 0) is 69.2 Å². The molecule has 2 saturated carbocycles. The third kappa shape index (κ3) is 8.61. The van der Waals surface area contributed by atoms with Gasteiger partial charge in [0.25, 0.3) is 5.91 Å². The van der Waals surface area contributed by atoms with Crippen molar-refractivity contribution in [2.75, 3.05) is 13.1 Å². The molecule has 0 bridgehead atoms. The largest absolute Gasteiger partial charge is 0.472 e. The van der Waals surface area contributed by atoms with Crippen LogP contribution < -0.4 is 25.4 Å². The number of fused-ring (bicyclic) bond motifs is 1. The summed E-state index contributed by atoms with van der Waals surface area (Å²) in [7, 11) is -3.93. The Kier molecular flexibility index (Phi) is 10.8. The number of carbonyl (C=O) groups excluding carboxylic acids is 5. The average Bonchev–Trinajstić information content (AvgIpc) is 4.02. The van der Waals surface area contributed by atoms with Gasteiger partial charge in [0.15, 0.2) is 0 Å². The fraction of sp³-hybridized carbons (Fsp3) is 0.444. The molecule has 16 heteroatoms. The SMILES string of the molecule is C=CC(=O)NCC(NC(=O)OC(C)(C)C)C(=O)N1CC(Oc2nccc3ccc(C=C)cc23)CC1C(=O)NC1(C(=O)NS(=O)(=O)C2CC2)CC1C=C. The number of ether oxygens (including phenoxy) is 2. The van der Waals surface area contributed by atoms with Crippen molar-refractivity contribution in [3.05, 3.63) is 67.9 Å². The van der Waals surface area contributed by atoms with Crippen LogP contribution in [0.5, 0.6) is 5.88 Å². The second kappa shape index (κ2) is 14.8. The molecule has 2 heterocycles. The van der Waals surface area contributed by atoms with Crippen LogP contribution in [0.3, 0.4) is 0 Å². The summed E-state index contributed by atoms with van der Waals surface area (Å²) in [6, 6.07) is 4.75. The van der Waals surface area contributed by atoms with Crippen molar-refractivity contribution in [1.29, 1.82) is 0 Å². The molecular formula is C36H44N6O9S. The van der Waals surface area contributed by atoms with E-state index in [-0.39, 0.29) is 31.8 Å². The number of hydrogen-bond donors (Lipinski definition) is 4. The van der Waals surface area contributed by atoms with E-state index in [1.165, 1.54) is 11.0 Å². The first-order valence-corrected chi connectivity index (χ1v) is 18.4. The van der Waals surface area contributed by atoms with Crippen LogP contribution >= 0.6 is 0 Å². The third-order valence-electron chi connectivity index (χ3n) is 9.02. The van der Waals surface area contributed by atoms with Gasteiger partial charge >= 0.3 is 6.09 Å². The van der Waals surface area contributed by atoms with Crippen LogP contribution in [0.2, 0.25) is 0 Å². The lowest BCUT2D eigenvalue weighted by molar-refractivity contribution is -0.141. The summed E-state index contributed by atoms with van der Waals surface area (Å²) in [6.45, 7) is 15.4. The average molecular weight is 737 g/mol. The zero-order chi connectivity index (χ0) is 38.0. The second-order valence-corrected chi connectivity index (χ2v) is 16.1. The lowest BCUT2D eigenvalue weighted by atomic mass is 10.1. The lowest BCUT2D eigenvalue weighted by Crippen LogP contribution is -2.59. The Morgan fingerprint density at radius 2 is 1.85 bits per heavy atom. The standard InChI is InChI=1S/C36H44N6O9S/c1-7-21-10-11-22-14-15-37-31(26(22)16-21)50-24-17-28(30(44)40-36(18-23(36)8-2)33(46)41-52(48,49)25-12-13-25)42(20-24)32(45)27(19-38-29(43)9-3)39-34(47)51-35(4,5)6/h7-11,14-16,23-25,27-28H,1-3,12-13,17-20H2,4-6H3,(H,38,43)(H,39,47)(H,40,44)(H,41,46). The molecule has 5 unspecified atom stereocenters. The number of amides is 5. The Morgan fingerprint density at radius 1 is 1.12 bits per heavy atom. The van der Waals surface area contributed by atoms with Crippen molar-refractivity contribution in [3.8, 4) is 5.88 Å². The zero-order valence-corrected chi connectivity index (χ0v) is 30.2. The summed E-state index contributed by atoms with van der Waals surface area (Å²) < 4.78 is 39.1. The van der Waals surface area contributed by atoms with Crippen LogP contribution in [0.25, 0.3) is 16.8 Å². The van der Waals surface area contributed by atoms with E-state index in [9.17, 15) is 32.4 Å². The summed E-state index contributed by atoms with van der Waals surface area (Å²) in [5.41, 5.74) is -1.71. The third-order valence-corrected chi connectivity index (χ3v) is 10.8. The minimum absolute atomic E-state index is 0.0637. The minimum atomic E-state index is -3.93. The monoisotopic (exact) mass is 736 g/mol. The molecule has 5 amide bonds. The van der Waals surface area contributed by atoms with E-state index >= 15 is 0 Å². The maximum atomic E-state index is 14.3. The van der Waals surface area contributed by atoms with Gasteiger partial charge in [-0.15, -0.1) is 6.58 Å². The van der Waals surface area contributed by atoms with Crippen molar-refractivity contribution in [2.45, 2.75) is 81.0 Å². The highest BCUT2D eigenvalue weighted by Gasteiger charge is 2.62. The summed E-state index contributed by atoms with van der Waals surface area (Å²) in [6.07, 6.45) is 4.85. The van der Waals surface area contributed by atoms with Gasteiger partial charge in [0.2, 0.25) is 33.6 Å². The van der Waals surface area contributed by atoms with Gasteiger partial charge < -0.3 is 30.3 Å². The van der Waals surface area contributed by atoms with Crippen LogP contribution in [0.4, 0.5) is 4.79 Å². The number of nitrogens with zero attached hydrogens (tertiary/aromatic N) is 2. The second-order valence-electron chi connectivity index (χ2n) is 14.1. The molecule has 52 heavy (non-hydrogen) atoms. The topological polar surface area (TPSA) is 202 Å². The van der Waals surface area contributed by atoms with Crippen molar-refractivity contribution in [2.24, 2.45) is 5.92 Å². The maximum Gasteiger partial charge on any atom is 0.408 e. The van der Waals surface area contributed by atoms with E-state index < -0.39 is 80.2 Å². The normalized spacial score (nSPS) is 23.1. The summed E-state index contributed by atoms with van der Waals surface area (Å²) >= 11 is 0. The molecular weight excluding hydrogens is 692 g/mol. The molecule has 15 nitrogen and oxygen atoms in total. The number of sulfonamides is 1. The Hall–Kier alpha value is -5.25. The minimum Gasteiger partial charge on any atom is -0.472 e. The van der Waals surface area contributed by atoms with Crippen LogP contribution in [0.1, 0.15) is 52.0 Å². The van der Waals surface area contributed by atoms with Crippen molar-refractivity contribution in [3.63, 3.8) is 0 Å². The molecule has 0 radical (unpaired) electrons. The first-order chi connectivity index (χ1) is 24.5. The highest BCUT2D eigenvalue weighted by molar-refractivity contribution is 7.91. The van der Waals surface area contributed by atoms with Gasteiger partial charge in [0, 0.05) is 30.5 Å². The number of rotatable bonds is 14. The maximum absolute atomic E-state index is 14.3. The first-order valence-electron chi connectivity index (χ1n) is 16.9. The Labute approximate surface area is 302 Å². The number of likely N-dealkylation sites (tertiary alicyclic amines) is 1. The quantitative estimate of drug-likeness (QED) is 0.164. The highest BCUT2D eigenvalue weighted by Crippen LogP contribution is 2.45. The van der Waals surface area contributed by atoms with E-state index in [0.717, 1.165) is 17.0 Å². The number of carbonyl (C=O) groups is 5. The summed E-state index contributed by atoms with van der Waals surface area (Å²) in [5, 5.41) is 8.53. The van der Waals surface area contributed by atoms with Crippen molar-refractivity contribution >= 4 is 56.6 Å². The van der Waals surface area contributed by atoms with Gasteiger partial charge in [-0.3, -0.25) is 23.9 Å². The predicted molar refractivity (Wildman–Crippen MR) is 192 cm³/mol. The molecule has 2 aromatic rings. The number of aromatic nitrogens is 1. The molecule has 1 saturated heterocycles. The van der Waals surface area contributed by atoms with Gasteiger partial charge in [-0.25, -0.2) is 18.2 Å². The molecule has 3 fully saturated rings. The number of hydrogen-bond acceptors (Lipinski definition) is 10. The number of alkyl carbamates (subject to hydrolysis) is 1. The molecule has 278 valence electrons. The summed E-state index contributed by atoms with van der Waals surface area (Å²) in [4.78, 5) is 72.5. The van der Waals surface area contributed by atoms with Gasteiger partial charge in [0.05, 0.1) is 11.8 Å². The van der Waals surface area contributed by atoms with E-state index in [0.29, 0.717) is 18.2 Å². The Balaban J connectivity index is 1.45. The van der Waals surface area contributed by atoms with Crippen LogP contribution in [0.15, 0.2) is 62.4 Å². The lowest BCUT2D eigenvalue weighted by Gasteiger charge is -2.30. The summed E-state index contributed by atoms with van der Waals surface area (Å²) in [5.74, 6) is -3.34. The van der Waals surface area contributed by atoms with Gasteiger partial charge in [0.1, 0.15) is 29.3 Å². The van der Waals surface area contributed by atoms with Gasteiger partial charge in [-0.2, -0.15) is 0 Å². The molecule has 1 aromatic heterocycles. The van der Waals surface area contributed by atoms with E-state index in [4.69, 9.17) is 9.47 Å². The fourth-order valence-electron chi connectivity index (χ4n) is 6.06. The number of nitrogens with one attached hydrogen (secondary N) is 4. The molecule has 5 rings (SSSR count). The molecule has 3 aliphatic rings. The molecule has 1 aliphatic heterocycles. The number of benzene rings is 1. The smallest absolute Gasteiger partial charge is 0.408 e. The highest BCUT2D eigenvalue weighted by atomic mass is 32.2. The molecule has 4 N–H and O–H groups in total. The fourth-order valence-corrected chi connectivity index (χ4v) is 7.42. The Bertz CT molecular complexity index is 1920. The molecule has 2 aliphatic carbocycles. The van der Waals surface area contributed by atoms with Crippen LogP contribution in [-0.4, -0.2) is 95.7 Å². The van der Waals surface area contributed by atoms with E-state index in [1.807, 2.05) is 18.2 Å².